The van der Waals surface area contributed by atoms with E-state index in [2.05, 4.69) is 0 Å². The monoisotopic (exact) mass is 321 g/mol. The summed E-state index contributed by atoms with van der Waals surface area (Å²) < 4.78 is 10.4. The van der Waals surface area contributed by atoms with Crippen LogP contribution in [0.4, 0.5) is 0 Å². The maximum absolute atomic E-state index is 12.4. The molecule has 0 bridgehead atoms. The summed E-state index contributed by atoms with van der Waals surface area (Å²) in [5.41, 5.74) is 0.958. The highest BCUT2D eigenvalue weighted by atomic mass is 16.5. The van der Waals surface area contributed by atoms with Gasteiger partial charge in [0.05, 0.1) is 14.2 Å². The first-order valence-corrected chi connectivity index (χ1v) is 7.80. The Balaban J connectivity index is 1.99. The molecule has 0 spiro atoms. The Hall–Kier alpha value is -2.24. The third kappa shape index (κ3) is 4.15. The van der Waals surface area contributed by atoms with Crippen molar-refractivity contribution in [2.45, 2.75) is 38.1 Å². The molecule has 126 valence electrons. The SMILES string of the molecule is COc1ccc(CCC(=O)N2CCCC[C@@H]2C(=O)O)cc1OC. The third-order valence-corrected chi connectivity index (χ3v) is 4.18. The summed E-state index contributed by atoms with van der Waals surface area (Å²) in [6.07, 6.45) is 3.10. The summed E-state index contributed by atoms with van der Waals surface area (Å²) in [5.74, 6) is 0.249. The van der Waals surface area contributed by atoms with Crippen LogP contribution in [0.25, 0.3) is 0 Å². The minimum Gasteiger partial charge on any atom is -0.493 e. The number of hydrogen-bond acceptors (Lipinski definition) is 4. The summed E-state index contributed by atoms with van der Waals surface area (Å²) in [4.78, 5) is 25.2. The number of hydrogen-bond donors (Lipinski definition) is 1. The first-order chi connectivity index (χ1) is 11.1. The first-order valence-electron chi connectivity index (χ1n) is 7.80. The predicted molar refractivity (Wildman–Crippen MR) is 84.9 cm³/mol. The average Bonchev–Trinajstić information content (AvgIpc) is 2.59. The lowest BCUT2D eigenvalue weighted by Crippen LogP contribution is -2.48. The van der Waals surface area contributed by atoms with Gasteiger partial charge in [-0.3, -0.25) is 4.79 Å². The number of carbonyl (C=O) groups excluding carboxylic acids is 1. The van der Waals surface area contributed by atoms with E-state index in [1.165, 1.54) is 4.90 Å². The molecule has 1 N–H and O–H groups in total. The van der Waals surface area contributed by atoms with E-state index in [9.17, 15) is 14.7 Å². The number of piperidine rings is 1. The minimum atomic E-state index is -0.913. The molecule has 1 saturated heterocycles. The van der Waals surface area contributed by atoms with Crippen molar-refractivity contribution in [3.05, 3.63) is 23.8 Å². The molecule has 0 aliphatic carbocycles. The molecule has 0 saturated carbocycles. The number of aryl methyl sites for hydroxylation is 1. The maximum atomic E-state index is 12.4. The number of carboxylic acids is 1. The Morgan fingerprint density at radius 1 is 1.22 bits per heavy atom. The van der Waals surface area contributed by atoms with E-state index in [4.69, 9.17) is 9.47 Å². The van der Waals surface area contributed by atoms with Gasteiger partial charge >= 0.3 is 5.97 Å². The van der Waals surface area contributed by atoms with Crippen molar-refractivity contribution in [2.75, 3.05) is 20.8 Å². The molecule has 1 atom stereocenters. The van der Waals surface area contributed by atoms with Gasteiger partial charge in [-0.15, -0.1) is 0 Å². The molecule has 6 heteroatoms. The van der Waals surface area contributed by atoms with Crippen LogP contribution in [-0.4, -0.2) is 48.7 Å². The second-order valence-corrected chi connectivity index (χ2v) is 5.63. The number of nitrogens with zero attached hydrogens (tertiary/aromatic N) is 1. The largest absolute Gasteiger partial charge is 0.493 e. The standard InChI is InChI=1S/C17H23NO5/c1-22-14-8-6-12(11-15(14)23-2)7-9-16(19)18-10-4-3-5-13(18)17(20)21/h6,8,11,13H,3-5,7,9-10H2,1-2H3,(H,20,21)/t13-/m1/s1. The minimum absolute atomic E-state index is 0.105. The van der Waals surface area contributed by atoms with Gasteiger partial charge in [0.2, 0.25) is 5.91 Å². The lowest BCUT2D eigenvalue weighted by atomic mass is 10.0. The molecule has 1 aliphatic rings. The Bertz CT molecular complexity index is 572. The molecule has 0 radical (unpaired) electrons. The van der Waals surface area contributed by atoms with Crippen LogP contribution in [0.1, 0.15) is 31.2 Å². The van der Waals surface area contributed by atoms with Crippen LogP contribution >= 0.6 is 0 Å². The number of rotatable bonds is 6. The van der Waals surface area contributed by atoms with Gasteiger partial charge in [-0.05, 0) is 43.4 Å². The lowest BCUT2D eigenvalue weighted by molar-refractivity contribution is -0.152. The molecule has 0 unspecified atom stereocenters. The number of amides is 1. The van der Waals surface area contributed by atoms with Crippen molar-refractivity contribution >= 4 is 11.9 Å². The number of carboxylic acid groups (broad SMARTS) is 1. The average molecular weight is 321 g/mol. The van der Waals surface area contributed by atoms with Gasteiger partial charge in [-0.1, -0.05) is 6.07 Å². The zero-order valence-corrected chi connectivity index (χ0v) is 13.6. The summed E-state index contributed by atoms with van der Waals surface area (Å²) in [5, 5.41) is 9.24. The molecule has 1 amide bonds. The summed E-state index contributed by atoms with van der Waals surface area (Å²) in [7, 11) is 3.14. The zero-order chi connectivity index (χ0) is 16.8. The van der Waals surface area contributed by atoms with E-state index in [1.807, 2.05) is 12.1 Å². The van der Waals surface area contributed by atoms with Gasteiger partial charge in [-0.2, -0.15) is 0 Å². The molecule has 1 aromatic carbocycles. The number of likely N-dealkylation sites (tertiary alicyclic amines) is 1. The van der Waals surface area contributed by atoms with Gasteiger partial charge in [0.25, 0.3) is 0 Å². The van der Waals surface area contributed by atoms with Crippen molar-refractivity contribution < 1.29 is 24.2 Å². The normalized spacial score (nSPS) is 17.7. The summed E-state index contributed by atoms with van der Waals surface area (Å²) >= 11 is 0. The molecular formula is C17H23NO5. The number of aliphatic carboxylic acids is 1. The fourth-order valence-electron chi connectivity index (χ4n) is 2.92. The van der Waals surface area contributed by atoms with Crippen LogP contribution in [-0.2, 0) is 16.0 Å². The summed E-state index contributed by atoms with van der Waals surface area (Å²) in [6.45, 7) is 0.529. The number of methoxy groups -OCH3 is 2. The fourth-order valence-corrected chi connectivity index (χ4v) is 2.92. The van der Waals surface area contributed by atoms with Crippen molar-refractivity contribution in [1.29, 1.82) is 0 Å². The molecule has 2 rings (SSSR count). The smallest absolute Gasteiger partial charge is 0.326 e. The van der Waals surface area contributed by atoms with Gasteiger partial charge in [0.15, 0.2) is 11.5 Å². The lowest BCUT2D eigenvalue weighted by Gasteiger charge is -2.33. The molecule has 1 heterocycles. The Morgan fingerprint density at radius 3 is 2.61 bits per heavy atom. The molecule has 1 fully saturated rings. The summed E-state index contributed by atoms with van der Waals surface area (Å²) in [6, 6.07) is 4.86. The van der Waals surface area contributed by atoms with Gasteiger partial charge < -0.3 is 19.5 Å². The highest BCUT2D eigenvalue weighted by Gasteiger charge is 2.31. The first kappa shape index (κ1) is 17.1. The van der Waals surface area contributed by atoms with E-state index >= 15 is 0 Å². The van der Waals surface area contributed by atoms with Gasteiger partial charge in [0, 0.05) is 13.0 Å². The van der Waals surface area contributed by atoms with Crippen molar-refractivity contribution in [2.24, 2.45) is 0 Å². The second-order valence-electron chi connectivity index (χ2n) is 5.63. The fraction of sp³-hybridized carbons (Fsp3) is 0.529. The van der Waals surface area contributed by atoms with Gasteiger partial charge in [-0.25, -0.2) is 4.79 Å². The van der Waals surface area contributed by atoms with E-state index in [-0.39, 0.29) is 5.91 Å². The van der Waals surface area contributed by atoms with E-state index in [0.29, 0.717) is 37.3 Å². The van der Waals surface area contributed by atoms with E-state index in [0.717, 1.165) is 18.4 Å². The molecule has 1 aliphatic heterocycles. The molecule has 6 nitrogen and oxygen atoms in total. The van der Waals surface area contributed by atoms with Crippen LogP contribution in [0.5, 0.6) is 11.5 Å². The quantitative estimate of drug-likeness (QED) is 0.868. The second kappa shape index (κ2) is 7.85. The molecule has 1 aromatic rings. The zero-order valence-electron chi connectivity index (χ0n) is 13.6. The van der Waals surface area contributed by atoms with Crippen LogP contribution in [0, 0.1) is 0 Å². The molecular weight excluding hydrogens is 298 g/mol. The van der Waals surface area contributed by atoms with Crippen molar-refractivity contribution in [1.82, 2.24) is 4.90 Å². The Kier molecular flexibility index (Phi) is 5.84. The predicted octanol–water partition coefficient (Wildman–Crippen LogP) is 2.10. The van der Waals surface area contributed by atoms with Gasteiger partial charge in [0.1, 0.15) is 6.04 Å². The topological polar surface area (TPSA) is 76.1 Å². The maximum Gasteiger partial charge on any atom is 0.326 e. The molecule has 23 heavy (non-hydrogen) atoms. The van der Waals surface area contributed by atoms with Crippen LogP contribution in [0.2, 0.25) is 0 Å². The van der Waals surface area contributed by atoms with E-state index < -0.39 is 12.0 Å². The molecule has 0 aromatic heterocycles. The van der Waals surface area contributed by atoms with E-state index in [1.54, 1.807) is 20.3 Å². The van der Waals surface area contributed by atoms with Crippen LogP contribution in [0.3, 0.4) is 0 Å². The van der Waals surface area contributed by atoms with Crippen LogP contribution < -0.4 is 9.47 Å². The third-order valence-electron chi connectivity index (χ3n) is 4.18. The number of carbonyl (C=O) groups is 2. The number of benzene rings is 1. The number of ether oxygens (including phenoxy) is 2. The Morgan fingerprint density at radius 2 is 1.96 bits per heavy atom. The van der Waals surface area contributed by atoms with Crippen molar-refractivity contribution in [3.8, 4) is 11.5 Å². The highest BCUT2D eigenvalue weighted by molar-refractivity contribution is 5.84. The highest BCUT2D eigenvalue weighted by Crippen LogP contribution is 2.28. The van der Waals surface area contributed by atoms with Crippen LogP contribution in [0.15, 0.2) is 18.2 Å². The Labute approximate surface area is 136 Å². The van der Waals surface area contributed by atoms with Crippen molar-refractivity contribution in [3.63, 3.8) is 0 Å².